The molecule has 2 heterocycles. The molecule has 0 unspecified atom stereocenters. The number of aliphatic hydroxyl groups excluding tert-OH is 1. The minimum atomic E-state index is -0.457. The Bertz CT molecular complexity index is 626. The van der Waals surface area contributed by atoms with Crippen molar-refractivity contribution in [3.05, 3.63) is 39.8 Å². The molecule has 1 N–H and O–H groups in total. The summed E-state index contributed by atoms with van der Waals surface area (Å²) in [6, 6.07) is 3.02. The van der Waals surface area contributed by atoms with Gasteiger partial charge in [0.15, 0.2) is 5.16 Å². The Morgan fingerprint density at radius 1 is 1.53 bits per heavy atom. The van der Waals surface area contributed by atoms with Crippen LogP contribution in [0, 0.1) is 17.0 Å². The molecule has 0 aliphatic carbocycles. The van der Waals surface area contributed by atoms with Crippen LogP contribution in [0.15, 0.2) is 28.5 Å². The van der Waals surface area contributed by atoms with E-state index in [9.17, 15) is 10.1 Å². The van der Waals surface area contributed by atoms with Crippen molar-refractivity contribution < 1.29 is 10.0 Å². The SMILES string of the molecule is Cc1nc(Sc2ncc(CO)n2C)ccc1[N+](=O)[O-]. The molecule has 2 rings (SSSR count). The molecule has 100 valence electrons. The number of rotatable bonds is 4. The summed E-state index contributed by atoms with van der Waals surface area (Å²) >= 11 is 1.29. The van der Waals surface area contributed by atoms with E-state index in [0.717, 1.165) is 0 Å². The first-order chi connectivity index (χ1) is 9.02. The van der Waals surface area contributed by atoms with Gasteiger partial charge < -0.3 is 9.67 Å². The molecule has 0 aliphatic heterocycles. The summed E-state index contributed by atoms with van der Waals surface area (Å²) in [6.45, 7) is 1.51. The third-order valence-corrected chi connectivity index (χ3v) is 3.63. The number of hydrogen-bond donors (Lipinski definition) is 1. The van der Waals surface area contributed by atoms with E-state index in [4.69, 9.17) is 5.11 Å². The van der Waals surface area contributed by atoms with Crippen LogP contribution >= 0.6 is 11.8 Å². The van der Waals surface area contributed by atoms with E-state index in [1.54, 1.807) is 30.8 Å². The van der Waals surface area contributed by atoms with Gasteiger partial charge in [0.25, 0.3) is 5.69 Å². The van der Waals surface area contributed by atoms with Gasteiger partial charge in [-0.1, -0.05) is 0 Å². The quantitative estimate of drug-likeness (QED) is 0.676. The lowest BCUT2D eigenvalue weighted by Gasteiger charge is -2.04. The van der Waals surface area contributed by atoms with E-state index >= 15 is 0 Å². The minimum Gasteiger partial charge on any atom is -0.390 e. The minimum absolute atomic E-state index is 0.000220. The van der Waals surface area contributed by atoms with E-state index in [0.29, 0.717) is 21.6 Å². The number of nitrogens with zero attached hydrogens (tertiary/aromatic N) is 4. The molecule has 0 aromatic carbocycles. The van der Waals surface area contributed by atoms with E-state index in [2.05, 4.69) is 9.97 Å². The predicted octanol–water partition coefficient (Wildman–Crippen LogP) is 1.68. The van der Waals surface area contributed by atoms with Crippen LogP contribution < -0.4 is 0 Å². The van der Waals surface area contributed by atoms with Gasteiger partial charge in [0.05, 0.1) is 23.4 Å². The standard InChI is InChI=1S/C11H12N4O3S/c1-7-9(15(17)18)3-4-10(13-7)19-11-12-5-8(6-16)14(11)2/h3-5,16H,6H2,1-2H3. The molecule has 0 amide bonds. The van der Waals surface area contributed by atoms with Crippen LogP contribution in [-0.4, -0.2) is 24.6 Å². The number of nitro groups is 1. The highest BCUT2D eigenvalue weighted by atomic mass is 32.2. The second-order valence-corrected chi connectivity index (χ2v) is 4.85. The zero-order chi connectivity index (χ0) is 14.0. The number of aromatic nitrogens is 3. The maximum absolute atomic E-state index is 10.7. The zero-order valence-corrected chi connectivity index (χ0v) is 11.2. The van der Waals surface area contributed by atoms with Crippen molar-refractivity contribution in [2.24, 2.45) is 7.05 Å². The van der Waals surface area contributed by atoms with Crippen molar-refractivity contribution in [3.8, 4) is 0 Å². The topological polar surface area (TPSA) is 94.1 Å². The predicted molar refractivity (Wildman–Crippen MR) is 68.9 cm³/mol. The number of aryl methyl sites for hydroxylation is 1. The Morgan fingerprint density at radius 3 is 2.79 bits per heavy atom. The molecular formula is C11H12N4O3S. The van der Waals surface area contributed by atoms with Crippen LogP contribution in [-0.2, 0) is 13.7 Å². The Kier molecular flexibility index (Phi) is 3.82. The van der Waals surface area contributed by atoms with Gasteiger partial charge in [-0.25, -0.2) is 9.97 Å². The Balaban J connectivity index is 2.26. The number of pyridine rings is 1. The summed E-state index contributed by atoms with van der Waals surface area (Å²) in [5.41, 5.74) is 1.06. The van der Waals surface area contributed by atoms with Crippen LogP contribution in [0.25, 0.3) is 0 Å². The summed E-state index contributed by atoms with van der Waals surface area (Å²) in [6.07, 6.45) is 1.58. The average molecular weight is 280 g/mol. The molecule has 7 nitrogen and oxygen atoms in total. The summed E-state index contributed by atoms with van der Waals surface area (Å²) in [5, 5.41) is 21.1. The van der Waals surface area contributed by atoms with E-state index in [1.807, 2.05) is 0 Å². The highest BCUT2D eigenvalue weighted by molar-refractivity contribution is 7.99. The molecular weight excluding hydrogens is 268 g/mol. The van der Waals surface area contributed by atoms with Crippen molar-refractivity contribution in [1.82, 2.24) is 14.5 Å². The van der Waals surface area contributed by atoms with Gasteiger partial charge in [0.2, 0.25) is 0 Å². The maximum Gasteiger partial charge on any atom is 0.290 e. The normalized spacial score (nSPS) is 10.7. The van der Waals surface area contributed by atoms with Crippen molar-refractivity contribution >= 4 is 17.4 Å². The molecule has 2 aromatic heterocycles. The number of imidazole rings is 1. The lowest BCUT2D eigenvalue weighted by molar-refractivity contribution is -0.385. The fourth-order valence-corrected chi connectivity index (χ4v) is 2.41. The summed E-state index contributed by atoms with van der Waals surface area (Å²) < 4.78 is 1.75. The summed E-state index contributed by atoms with van der Waals surface area (Å²) in [4.78, 5) is 18.6. The third kappa shape index (κ3) is 2.74. The van der Waals surface area contributed by atoms with Crippen LogP contribution in [0.2, 0.25) is 0 Å². The first-order valence-corrected chi connectivity index (χ1v) is 6.26. The number of hydrogen-bond acceptors (Lipinski definition) is 6. The van der Waals surface area contributed by atoms with Crippen molar-refractivity contribution in [2.45, 2.75) is 23.7 Å². The first kappa shape index (κ1) is 13.5. The Hall–Kier alpha value is -1.93. The van der Waals surface area contributed by atoms with Gasteiger partial charge in [-0.15, -0.1) is 0 Å². The lowest BCUT2D eigenvalue weighted by Crippen LogP contribution is -1.98. The van der Waals surface area contributed by atoms with Crippen molar-refractivity contribution in [1.29, 1.82) is 0 Å². The smallest absolute Gasteiger partial charge is 0.290 e. The van der Waals surface area contributed by atoms with Crippen LogP contribution in [0.3, 0.4) is 0 Å². The monoisotopic (exact) mass is 280 g/mol. The summed E-state index contributed by atoms with van der Waals surface area (Å²) in [5.74, 6) is 0. The summed E-state index contributed by atoms with van der Waals surface area (Å²) in [7, 11) is 1.79. The second-order valence-electron chi connectivity index (χ2n) is 3.86. The largest absolute Gasteiger partial charge is 0.390 e. The highest BCUT2D eigenvalue weighted by Gasteiger charge is 2.14. The van der Waals surface area contributed by atoms with E-state index in [1.165, 1.54) is 17.8 Å². The Labute approximate surface area is 113 Å². The molecule has 0 saturated carbocycles. The fraction of sp³-hybridized carbons (Fsp3) is 0.273. The molecule has 0 saturated heterocycles. The second kappa shape index (κ2) is 5.37. The molecule has 0 bridgehead atoms. The number of aliphatic hydroxyl groups is 1. The lowest BCUT2D eigenvalue weighted by atomic mass is 10.3. The highest BCUT2D eigenvalue weighted by Crippen LogP contribution is 2.27. The van der Waals surface area contributed by atoms with Gasteiger partial charge in [0.1, 0.15) is 10.7 Å². The van der Waals surface area contributed by atoms with Crippen molar-refractivity contribution in [2.75, 3.05) is 0 Å². The molecule has 8 heteroatoms. The Morgan fingerprint density at radius 2 is 2.26 bits per heavy atom. The molecule has 0 spiro atoms. The van der Waals surface area contributed by atoms with E-state index < -0.39 is 4.92 Å². The third-order valence-electron chi connectivity index (χ3n) is 2.63. The van der Waals surface area contributed by atoms with Gasteiger partial charge in [0, 0.05) is 13.1 Å². The van der Waals surface area contributed by atoms with Crippen LogP contribution in [0.1, 0.15) is 11.4 Å². The molecule has 0 atom stereocenters. The first-order valence-electron chi connectivity index (χ1n) is 5.44. The maximum atomic E-state index is 10.7. The zero-order valence-electron chi connectivity index (χ0n) is 10.4. The van der Waals surface area contributed by atoms with Gasteiger partial charge in [-0.05, 0) is 24.8 Å². The molecule has 0 aliphatic rings. The molecule has 0 fully saturated rings. The fourth-order valence-electron chi connectivity index (χ4n) is 1.54. The van der Waals surface area contributed by atoms with Crippen LogP contribution in [0.5, 0.6) is 0 Å². The van der Waals surface area contributed by atoms with Gasteiger partial charge >= 0.3 is 0 Å². The molecule has 19 heavy (non-hydrogen) atoms. The molecule has 0 radical (unpaired) electrons. The van der Waals surface area contributed by atoms with Crippen LogP contribution in [0.4, 0.5) is 5.69 Å². The molecule has 2 aromatic rings. The van der Waals surface area contributed by atoms with Gasteiger partial charge in [-0.2, -0.15) is 0 Å². The van der Waals surface area contributed by atoms with Gasteiger partial charge in [-0.3, -0.25) is 10.1 Å². The van der Waals surface area contributed by atoms with Crippen molar-refractivity contribution in [3.63, 3.8) is 0 Å². The van der Waals surface area contributed by atoms with E-state index in [-0.39, 0.29) is 12.3 Å². The average Bonchev–Trinajstić information content (AvgIpc) is 2.70.